The van der Waals surface area contributed by atoms with E-state index in [2.05, 4.69) is 26.0 Å². The molecule has 0 fully saturated rings. The maximum absolute atomic E-state index is 7.81. The fourth-order valence-electron chi connectivity index (χ4n) is 2.36. The summed E-state index contributed by atoms with van der Waals surface area (Å²) >= 11 is 0. The largest absolute Gasteiger partial charge is 0.370 e. The van der Waals surface area contributed by atoms with E-state index in [1.807, 2.05) is 47.4 Å². The molecule has 0 heterocycles. The predicted molar refractivity (Wildman–Crippen MR) is 89.5 cm³/mol. The average molecular weight is 281 g/mol. The van der Waals surface area contributed by atoms with Gasteiger partial charge in [-0.3, -0.25) is 5.41 Å². The second-order valence-electron chi connectivity index (χ2n) is 5.72. The zero-order chi connectivity index (χ0) is 15.2. The summed E-state index contributed by atoms with van der Waals surface area (Å²) in [5.74, 6) is 0.708. The molecule has 3 heteroatoms. The monoisotopic (exact) mass is 281 g/mol. The number of hydrogen-bond acceptors (Lipinski definition) is 1. The van der Waals surface area contributed by atoms with Gasteiger partial charge in [0.15, 0.2) is 5.96 Å². The quantitative estimate of drug-likeness (QED) is 0.647. The van der Waals surface area contributed by atoms with Crippen molar-refractivity contribution in [2.24, 2.45) is 11.7 Å². The van der Waals surface area contributed by atoms with Gasteiger partial charge in [-0.2, -0.15) is 0 Å². The SMILES string of the molecule is CC(C)Cc1ccc(N(Cc2ccccc2)C(=N)N)cc1. The number of nitrogens with zero attached hydrogens (tertiary/aromatic N) is 1. The van der Waals surface area contributed by atoms with Gasteiger partial charge in [0.05, 0.1) is 6.54 Å². The number of anilines is 1. The van der Waals surface area contributed by atoms with Crippen LogP contribution in [0.5, 0.6) is 0 Å². The molecule has 21 heavy (non-hydrogen) atoms. The Bertz CT molecular complexity index is 573. The second-order valence-corrected chi connectivity index (χ2v) is 5.72. The Morgan fingerprint density at radius 1 is 1.00 bits per heavy atom. The van der Waals surface area contributed by atoms with Crippen LogP contribution in [-0.4, -0.2) is 5.96 Å². The molecular formula is C18H23N3. The van der Waals surface area contributed by atoms with Crippen molar-refractivity contribution in [3.8, 4) is 0 Å². The average Bonchev–Trinajstić information content (AvgIpc) is 2.46. The molecule has 0 saturated heterocycles. The normalized spacial score (nSPS) is 10.6. The Labute approximate surface area is 126 Å². The smallest absolute Gasteiger partial charge is 0.193 e. The summed E-state index contributed by atoms with van der Waals surface area (Å²) in [5, 5.41) is 7.81. The topological polar surface area (TPSA) is 53.1 Å². The standard InChI is InChI=1S/C18H23N3/c1-14(2)12-15-8-10-17(11-9-15)21(18(19)20)13-16-6-4-3-5-7-16/h3-11,14H,12-13H2,1-2H3,(H3,19,20). The zero-order valence-electron chi connectivity index (χ0n) is 12.7. The van der Waals surface area contributed by atoms with Gasteiger partial charge in [0.25, 0.3) is 0 Å². The Balaban J connectivity index is 2.16. The Morgan fingerprint density at radius 2 is 1.62 bits per heavy atom. The van der Waals surface area contributed by atoms with Crippen LogP contribution < -0.4 is 10.6 Å². The highest BCUT2D eigenvalue weighted by Gasteiger charge is 2.10. The van der Waals surface area contributed by atoms with E-state index in [0.717, 1.165) is 17.7 Å². The lowest BCUT2D eigenvalue weighted by atomic mass is 10.0. The molecule has 0 aliphatic carbocycles. The molecule has 0 saturated carbocycles. The lowest BCUT2D eigenvalue weighted by Gasteiger charge is -2.23. The summed E-state index contributed by atoms with van der Waals surface area (Å²) in [6.45, 7) is 5.04. The third-order valence-corrected chi connectivity index (χ3v) is 3.37. The maximum atomic E-state index is 7.81. The summed E-state index contributed by atoms with van der Waals surface area (Å²) < 4.78 is 0. The van der Waals surface area contributed by atoms with Crippen LogP contribution >= 0.6 is 0 Å². The molecule has 0 bridgehead atoms. The van der Waals surface area contributed by atoms with Gasteiger partial charge in [0.2, 0.25) is 0 Å². The van der Waals surface area contributed by atoms with Gasteiger partial charge >= 0.3 is 0 Å². The number of benzene rings is 2. The minimum Gasteiger partial charge on any atom is -0.370 e. The van der Waals surface area contributed by atoms with E-state index in [-0.39, 0.29) is 5.96 Å². The van der Waals surface area contributed by atoms with Gasteiger partial charge in [-0.25, -0.2) is 0 Å². The molecule has 0 amide bonds. The van der Waals surface area contributed by atoms with Gasteiger partial charge in [-0.05, 0) is 35.6 Å². The number of rotatable bonds is 5. The van der Waals surface area contributed by atoms with Crippen molar-refractivity contribution in [3.63, 3.8) is 0 Å². The summed E-state index contributed by atoms with van der Waals surface area (Å²) in [5.41, 5.74) is 9.16. The lowest BCUT2D eigenvalue weighted by molar-refractivity contribution is 0.647. The Hall–Kier alpha value is -2.29. The predicted octanol–water partition coefficient (Wildman–Crippen LogP) is 3.79. The highest BCUT2D eigenvalue weighted by molar-refractivity contribution is 5.92. The van der Waals surface area contributed by atoms with E-state index in [0.29, 0.717) is 12.5 Å². The molecule has 0 radical (unpaired) electrons. The molecule has 0 aromatic heterocycles. The molecule has 0 atom stereocenters. The second kappa shape index (κ2) is 6.93. The fourth-order valence-corrected chi connectivity index (χ4v) is 2.36. The first-order chi connectivity index (χ1) is 10.1. The van der Waals surface area contributed by atoms with Crippen LogP contribution in [0.4, 0.5) is 5.69 Å². The maximum Gasteiger partial charge on any atom is 0.193 e. The minimum atomic E-state index is 0.0652. The molecule has 0 aliphatic heterocycles. The van der Waals surface area contributed by atoms with E-state index in [1.54, 1.807) is 0 Å². The molecular weight excluding hydrogens is 258 g/mol. The number of hydrogen-bond donors (Lipinski definition) is 2. The number of nitrogens with one attached hydrogen (secondary N) is 1. The van der Waals surface area contributed by atoms with Gasteiger partial charge in [-0.15, -0.1) is 0 Å². The van der Waals surface area contributed by atoms with Crippen molar-refractivity contribution in [1.82, 2.24) is 0 Å². The van der Waals surface area contributed by atoms with Gasteiger partial charge in [-0.1, -0.05) is 56.3 Å². The van der Waals surface area contributed by atoms with Crippen LogP contribution in [0, 0.1) is 11.3 Å². The third kappa shape index (κ3) is 4.35. The number of guanidine groups is 1. The van der Waals surface area contributed by atoms with Gasteiger partial charge in [0, 0.05) is 5.69 Å². The van der Waals surface area contributed by atoms with Crippen LogP contribution in [0.25, 0.3) is 0 Å². The molecule has 3 N–H and O–H groups in total. The van der Waals surface area contributed by atoms with Crippen LogP contribution in [0.15, 0.2) is 54.6 Å². The van der Waals surface area contributed by atoms with Crippen molar-refractivity contribution < 1.29 is 0 Å². The van der Waals surface area contributed by atoms with Crippen LogP contribution in [-0.2, 0) is 13.0 Å². The summed E-state index contributed by atoms with van der Waals surface area (Å²) in [4.78, 5) is 1.81. The molecule has 0 aliphatic rings. The van der Waals surface area contributed by atoms with Crippen molar-refractivity contribution in [1.29, 1.82) is 5.41 Å². The minimum absolute atomic E-state index is 0.0652. The molecule has 2 aromatic rings. The molecule has 3 nitrogen and oxygen atoms in total. The van der Waals surface area contributed by atoms with Crippen molar-refractivity contribution in [3.05, 3.63) is 65.7 Å². The van der Waals surface area contributed by atoms with Crippen molar-refractivity contribution in [2.75, 3.05) is 4.90 Å². The third-order valence-electron chi connectivity index (χ3n) is 3.37. The van der Waals surface area contributed by atoms with Crippen LogP contribution in [0.3, 0.4) is 0 Å². The van der Waals surface area contributed by atoms with Crippen LogP contribution in [0.2, 0.25) is 0 Å². The molecule has 0 unspecified atom stereocenters. The molecule has 110 valence electrons. The summed E-state index contributed by atoms with van der Waals surface area (Å²) in [6, 6.07) is 18.4. The van der Waals surface area contributed by atoms with E-state index >= 15 is 0 Å². The first-order valence-corrected chi connectivity index (χ1v) is 7.30. The van der Waals surface area contributed by atoms with E-state index in [1.165, 1.54) is 5.56 Å². The fraction of sp³-hybridized carbons (Fsp3) is 0.278. The van der Waals surface area contributed by atoms with E-state index in [9.17, 15) is 0 Å². The first-order valence-electron chi connectivity index (χ1n) is 7.30. The molecule has 0 spiro atoms. The van der Waals surface area contributed by atoms with Crippen LogP contribution in [0.1, 0.15) is 25.0 Å². The summed E-state index contributed by atoms with van der Waals surface area (Å²) in [6.07, 6.45) is 1.07. The molecule has 2 aromatic carbocycles. The zero-order valence-corrected chi connectivity index (χ0v) is 12.7. The lowest BCUT2D eigenvalue weighted by Crippen LogP contribution is -2.35. The van der Waals surface area contributed by atoms with E-state index < -0.39 is 0 Å². The van der Waals surface area contributed by atoms with Gasteiger partial charge in [0.1, 0.15) is 0 Å². The van der Waals surface area contributed by atoms with Crippen molar-refractivity contribution in [2.45, 2.75) is 26.8 Å². The molecule has 2 rings (SSSR count). The summed E-state index contributed by atoms with van der Waals surface area (Å²) in [7, 11) is 0. The van der Waals surface area contributed by atoms with E-state index in [4.69, 9.17) is 11.1 Å². The van der Waals surface area contributed by atoms with Crippen molar-refractivity contribution >= 4 is 11.6 Å². The van der Waals surface area contributed by atoms with Gasteiger partial charge < -0.3 is 10.6 Å². The first kappa shape index (κ1) is 15.1. The Morgan fingerprint density at radius 3 is 2.14 bits per heavy atom. The highest BCUT2D eigenvalue weighted by atomic mass is 15.2. The Kier molecular flexibility index (Phi) is 4.99. The highest BCUT2D eigenvalue weighted by Crippen LogP contribution is 2.19. The number of nitrogens with two attached hydrogens (primary N) is 1.